The van der Waals surface area contributed by atoms with Crippen LogP contribution in [0.5, 0.6) is 0 Å². The van der Waals surface area contributed by atoms with Gasteiger partial charge in [-0.15, -0.1) is 0 Å². The number of methoxy groups -OCH3 is 2. The van der Waals surface area contributed by atoms with E-state index in [1.165, 1.54) is 14.2 Å². The summed E-state index contributed by atoms with van der Waals surface area (Å²) in [6, 6.07) is -0.505. The van der Waals surface area contributed by atoms with Gasteiger partial charge < -0.3 is 25.4 Å². The van der Waals surface area contributed by atoms with Crippen LogP contribution in [0.2, 0.25) is 0 Å². The molecule has 2 amide bonds. The number of hydrogen-bond acceptors (Lipinski definition) is 5. The number of amides is 2. The second-order valence-corrected chi connectivity index (χ2v) is 4.66. The van der Waals surface area contributed by atoms with Crippen LogP contribution in [-0.4, -0.2) is 69.3 Å². The highest BCUT2D eigenvalue weighted by Gasteiger charge is 2.26. The molecule has 0 saturated carbocycles. The summed E-state index contributed by atoms with van der Waals surface area (Å²) in [5.41, 5.74) is 5.71. The molecular weight excluding hydrogens is 250 g/mol. The Kier molecular flexibility index (Phi) is 6.75. The molecule has 1 unspecified atom stereocenters. The largest absolute Gasteiger partial charge is 0.383 e. The van der Waals surface area contributed by atoms with Gasteiger partial charge in [0.05, 0.1) is 6.61 Å². The number of nitrogens with one attached hydrogen (secondary N) is 1. The molecule has 7 heteroatoms. The first-order valence-electron chi connectivity index (χ1n) is 6.40. The summed E-state index contributed by atoms with van der Waals surface area (Å²) in [5, 5.41) is 2.88. The molecule has 1 rings (SSSR count). The molecule has 19 heavy (non-hydrogen) atoms. The molecule has 0 aromatic rings. The monoisotopic (exact) mass is 273 g/mol. The minimum Gasteiger partial charge on any atom is -0.383 e. The number of rotatable bonds is 6. The van der Waals surface area contributed by atoms with E-state index in [0.29, 0.717) is 13.1 Å². The van der Waals surface area contributed by atoms with Crippen molar-refractivity contribution < 1.29 is 19.1 Å². The van der Waals surface area contributed by atoms with Crippen molar-refractivity contribution in [2.75, 3.05) is 40.5 Å². The Balaban J connectivity index is 2.32. The lowest BCUT2D eigenvalue weighted by Crippen LogP contribution is -2.52. The summed E-state index contributed by atoms with van der Waals surface area (Å²) < 4.78 is 9.63. The summed E-state index contributed by atoms with van der Waals surface area (Å²) >= 11 is 0. The van der Waals surface area contributed by atoms with Crippen LogP contribution >= 0.6 is 0 Å². The normalized spacial score (nSPS) is 18.2. The zero-order valence-corrected chi connectivity index (χ0v) is 11.6. The summed E-state index contributed by atoms with van der Waals surface area (Å²) in [7, 11) is 3.00. The number of ether oxygens (including phenoxy) is 2. The summed E-state index contributed by atoms with van der Waals surface area (Å²) in [6.07, 6.45) is 1.47. The van der Waals surface area contributed by atoms with Crippen molar-refractivity contribution in [2.45, 2.75) is 24.9 Å². The molecule has 1 aliphatic rings. The van der Waals surface area contributed by atoms with Crippen LogP contribution in [0, 0.1) is 0 Å². The average molecular weight is 273 g/mol. The fourth-order valence-corrected chi connectivity index (χ4v) is 2.13. The lowest BCUT2D eigenvalue weighted by atomic mass is 10.0. The van der Waals surface area contributed by atoms with Gasteiger partial charge in [0, 0.05) is 33.4 Å². The third-order valence-corrected chi connectivity index (χ3v) is 3.11. The van der Waals surface area contributed by atoms with E-state index in [1.54, 1.807) is 4.90 Å². The summed E-state index contributed by atoms with van der Waals surface area (Å²) in [5.74, 6) is -0.216. The molecule has 0 aromatic heterocycles. The van der Waals surface area contributed by atoms with Gasteiger partial charge in [0.1, 0.15) is 12.6 Å². The van der Waals surface area contributed by atoms with Crippen LogP contribution in [0.3, 0.4) is 0 Å². The predicted octanol–water partition coefficient (Wildman–Crippen LogP) is -1.29. The highest BCUT2D eigenvalue weighted by molar-refractivity contribution is 5.82. The summed E-state index contributed by atoms with van der Waals surface area (Å²) in [4.78, 5) is 25.0. The van der Waals surface area contributed by atoms with Crippen molar-refractivity contribution in [3.8, 4) is 0 Å². The Bertz CT molecular complexity index is 303. The smallest absolute Gasteiger partial charge is 0.246 e. The van der Waals surface area contributed by atoms with Crippen molar-refractivity contribution in [1.29, 1.82) is 0 Å². The van der Waals surface area contributed by atoms with Gasteiger partial charge in [-0.2, -0.15) is 0 Å². The zero-order chi connectivity index (χ0) is 14.3. The van der Waals surface area contributed by atoms with Gasteiger partial charge in [0.2, 0.25) is 11.8 Å². The van der Waals surface area contributed by atoms with Crippen molar-refractivity contribution in [1.82, 2.24) is 10.2 Å². The Labute approximate surface area is 113 Å². The van der Waals surface area contributed by atoms with Gasteiger partial charge in [-0.1, -0.05) is 0 Å². The van der Waals surface area contributed by atoms with E-state index in [0.717, 1.165) is 12.8 Å². The van der Waals surface area contributed by atoms with Gasteiger partial charge >= 0.3 is 0 Å². The topological polar surface area (TPSA) is 93.9 Å². The average Bonchev–Trinajstić information content (AvgIpc) is 2.39. The number of carbonyl (C=O) groups is 2. The van der Waals surface area contributed by atoms with Crippen LogP contribution in [0.1, 0.15) is 12.8 Å². The number of nitrogens with zero attached hydrogens (tertiary/aromatic N) is 1. The molecule has 1 heterocycles. The Morgan fingerprint density at radius 1 is 1.32 bits per heavy atom. The third kappa shape index (κ3) is 5.14. The van der Waals surface area contributed by atoms with Gasteiger partial charge in [-0.3, -0.25) is 9.59 Å². The molecule has 1 aliphatic heterocycles. The fraction of sp³-hybridized carbons (Fsp3) is 0.833. The molecule has 1 fully saturated rings. The first-order chi connectivity index (χ1) is 9.08. The zero-order valence-electron chi connectivity index (χ0n) is 11.6. The van der Waals surface area contributed by atoms with Gasteiger partial charge in [0.15, 0.2) is 0 Å². The van der Waals surface area contributed by atoms with E-state index >= 15 is 0 Å². The molecule has 1 saturated heterocycles. The van der Waals surface area contributed by atoms with Crippen LogP contribution in [0.4, 0.5) is 0 Å². The van der Waals surface area contributed by atoms with E-state index in [-0.39, 0.29) is 31.1 Å². The van der Waals surface area contributed by atoms with Crippen LogP contribution in [-0.2, 0) is 19.1 Å². The van der Waals surface area contributed by atoms with Crippen LogP contribution in [0.15, 0.2) is 0 Å². The van der Waals surface area contributed by atoms with Crippen molar-refractivity contribution in [3.05, 3.63) is 0 Å². The quantitative estimate of drug-likeness (QED) is 0.628. The maximum atomic E-state index is 11.9. The van der Waals surface area contributed by atoms with E-state index in [9.17, 15) is 9.59 Å². The number of nitrogens with two attached hydrogens (primary N) is 1. The lowest BCUT2D eigenvalue weighted by Gasteiger charge is -2.33. The molecule has 7 nitrogen and oxygen atoms in total. The number of hydrogen-bond donors (Lipinski definition) is 2. The Morgan fingerprint density at radius 3 is 2.47 bits per heavy atom. The standard InChI is InChI=1S/C12H23N3O4/c1-18-7-10(13)12(17)15-5-3-9(4-6-15)14-11(16)8-19-2/h9-10H,3-8,13H2,1-2H3,(H,14,16). The molecule has 0 aromatic carbocycles. The van der Waals surface area contributed by atoms with Crippen LogP contribution in [0.25, 0.3) is 0 Å². The minimum absolute atomic E-state index is 0.0673. The fourth-order valence-electron chi connectivity index (χ4n) is 2.13. The van der Waals surface area contributed by atoms with E-state index in [2.05, 4.69) is 5.32 Å². The van der Waals surface area contributed by atoms with Crippen molar-refractivity contribution >= 4 is 11.8 Å². The Morgan fingerprint density at radius 2 is 1.95 bits per heavy atom. The van der Waals surface area contributed by atoms with Gasteiger partial charge in [-0.25, -0.2) is 0 Å². The summed E-state index contributed by atoms with van der Waals surface area (Å²) in [6.45, 7) is 1.50. The first-order valence-corrected chi connectivity index (χ1v) is 6.40. The van der Waals surface area contributed by atoms with E-state index in [4.69, 9.17) is 15.2 Å². The molecule has 1 atom stereocenters. The number of likely N-dealkylation sites (tertiary alicyclic amines) is 1. The predicted molar refractivity (Wildman–Crippen MR) is 69.5 cm³/mol. The number of carbonyl (C=O) groups excluding carboxylic acids is 2. The molecular formula is C12H23N3O4. The molecule has 0 spiro atoms. The molecule has 0 bridgehead atoms. The van der Waals surface area contributed by atoms with E-state index < -0.39 is 6.04 Å². The molecule has 110 valence electrons. The second kappa shape index (κ2) is 8.08. The molecule has 3 N–H and O–H groups in total. The number of piperidine rings is 1. The van der Waals surface area contributed by atoms with Gasteiger partial charge in [0.25, 0.3) is 0 Å². The maximum absolute atomic E-state index is 11.9. The third-order valence-electron chi connectivity index (χ3n) is 3.11. The first kappa shape index (κ1) is 15.9. The highest BCUT2D eigenvalue weighted by Crippen LogP contribution is 2.11. The second-order valence-electron chi connectivity index (χ2n) is 4.66. The van der Waals surface area contributed by atoms with Crippen LogP contribution < -0.4 is 11.1 Å². The van der Waals surface area contributed by atoms with Crippen molar-refractivity contribution in [2.24, 2.45) is 5.73 Å². The highest BCUT2D eigenvalue weighted by atomic mass is 16.5. The van der Waals surface area contributed by atoms with Gasteiger partial charge in [-0.05, 0) is 12.8 Å². The van der Waals surface area contributed by atoms with E-state index in [1.807, 2.05) is 0 Å². The molecule has 0 aliphatic carbocycles. The Hall–Kier alpha value is -1.18. The lowest BCUT2D eigenvalue weighted by molar-refractivity contribution is -0.135. The SMILES string of the molecule is COCC(=O)NC1CCN(C(=O)C(N)COC)CC1. The maximum Gasteiger partial charge on any atom is 0.246 e. The minimum atomic E-state index is -0.607. The molecule has 0 radical (unpaired) electrons. The van der Waals surface area contributed by atoms with Crippen molar-refractivity contribution in [3.63, 3.8) is 0 Å².